The monoisotopic (exact) mass is 355 g/mol. The first-order chi connectivity index (χ1) is 7.65. The van der Waals surface area contributed by atoms with Gasteiger partial charge < -0.3 is 4.74 Å². The Hall–Kier alpha value is -0.370. The second kappa shape index (κ2) is 7.05. The first-order valence-corrected chi connectivity index (χ1v) is 5.97. The lowest BCUT2D eigenvalue weighted by molar-refractivity contribution is 0.00889. The largest absolute Gasteiger partial charge is 0.382 e. The Bertz CT molecular complexity index is 373. The SMILES string of the molecule is COCCONC(=O)c1ccc(I)c(Cl)c1. The van der Waals surface area contributed by atoms with E-state index < -0.39 is 0 Å². The molecule has 0 aliphatic rings. The highest BCUT2D eigenvalue weighted by Gasteiger charge is 2.07. The summed E-state index contributed by atoms with van der Waals surface area (Å²) in [4.78, 5) is 16.4. The lowest BCUT2D eigenvalue weighted by Gasteiger charge is -2.06. The van der Waals surface area contributed by atoms with Crippen molar-refractivity contribution in [2.45, 2.75) is 0 Å². The van der Waals surface area contributed by atoms with E-state index >= 15 is 0 Å². The molecular weight excluding hydrogens is 344 g/mol. The van der Waals surface area contributed by atoms with Crippen LogP contribution in [0.1, 0.15) is 10.4 Å². The number of nitrogens with one attached hydrogen (secondary N) is 1. The van der Waals surface area contributed by atoms with Crippen LogP contribution in [0.5, 0.6) is 0 Å². The summed E-state index contributed by atoms with van der Waals surface area (Å²) >= 11 is 7.99. The Morgan fingerprint density at radius 1 is 1.50 bits per heavy atom. The molecule has 1 aromatic carbocycles. The van der Waals surface area contributed by atoms with Crippen molar-refractivity contribution in [3.05, 3.63) is 32.4 Å². The van der Waals surface area contributed by atoms with Crippen LogP contribution in [0.4, 0.5) is 0 Å². The van der Waals surface area contributed by atoms with Crippen molar-refractivity contribution in [2.75, 3.05) is 20.3 Å². The number of halogens is 2. The number of rotatable bonds is 5. The van der Waals surface area contributed by atoms with Crippen LogP contribution in [0.25, 0.3) is 0 Å². The van der Waals surface area contributed by atoms with Gasteiger partial charge >= 0.3 is 0 Å². The van der Waals surface area contributed by atoms with Gasteiger partial charge in [0.2, 0.25) is 0 Å². The van der Waals surface area contributed by atoms with Crippen LogP contribution in [-0.2, 0) is 9.57 Å². The van der Waals surface area contributed by atoms with Crippen molar-refractivity contribution in [3.8, 4) is 0 Å². The molecule has 1 rings (SSSR count). The molecule has 1 aromatic rings. The van der Waals surface area contributed by atoms with Gasteiger partial charge in [-0.15, -0.1) is 0 Å². The number of benzene rings is 1. The zero-order valence-corrected chi connectivity index (χ0v) is 11.5. The van der Waals surface area contributed by atoms with E-state index in [1.54, 1.807) is 25.3 Å². The smallest absolute Gasteiger partial charge is 0.274 e. The minimum atomic E-state index is -0.325. The van der Waals surface area contributed by atoms with Crippen molar-refractivity contribution >= 4 is 40.1 Å². The summed E-state index contributed by atoms with van der Waals surface area (Å²) in [5.74, 6) is -0.325. The summed E-state index contributed by atoms with van der Waals surface area (Å²) in [6, 6.07) is 5.05. The second-order valence-corrected chi connectivity index (χ2v) is 4.47. The van der Waals surface area contributed by atoms with Crippen LogP contribution < -0.4 is 5.48 Å². The third-order valence-corrected chi connectivity index (χ3v) is 3.31. The Labute approximate surface area is 112 Å². The molecule has 0 spiro atoms. The number of hydroxylamine groups is 1. The summed E-state index contributed by atoms with van der Waals surface area (Å²) in [7, 11) is 1.56. The van der Waals surface area contributed by atoms with Gasteiger partial charge in [-0.1, -0.05) is 11.6 Å². The highest BCUT2D eigenvalue weighted by Crippen LogP contribution is 2.19. The maximum absolute atomic E-state index is 11.5. The van der Waals surface area contributed by atoms with Crippen LogP contribution in [0.2, 0.25) is 5.02 Å². The van der Waals surface area contributed by atoms with Gasteiger partial charge in [-0.05, 0) is 40.8 Å². The summed E-state index contributed by atoms with van der Waals surface area (Å²) in [6.07, 6.45) is 0. The van der Waals surface area contributed by atoms with Crippen LogP contribution in [0, 0.1) is 3.57 Å². The highest BCUT2D eigenvalue weighted by atomic mass is 127. The van der Waals surface area contributed by atoms with E-state index in [9.17, 15) is 4.79 Å². The standard InChI is InChI=1S/C10H11ClINO3/c1-15-4-5-16-13-10(14)7-2-3-9(12)8(11)6-7/h2-3,6H,4-5H2,1H3,(H,13,14). The quantitative estimate of drug-likeness (QED) is 0.501. The Morgan fingerprint density at radius 2 is 2.25 bits per heavy atom. The van der Waals surface area contributed by atoms with Crippen LogP contribution in [0.3, 0.4) is 0 Å². The fourth-order valence-electron chi connectivity index (χ4n) is 0.938. The maximum Gasteiger partial charge on any atom is 0.274 e. The van der Waals surface area contributed by atoms with Crippen LogP contribution >= 0.6 is 34.2 Å². The van der Waals surface area contributed by atoms with Gasteiger partial charge in [0, 0.05) is 16.2 Å². The van der Waals surface area contributed by atoms with Crippen molar-refractivity contribution in [2.24, 2.45) is 0 Å². The summed E-state index contributed by atoms with van der Waals surface area (Å²) < 4.78 is 5.66. The molecule has 1 N–H and O–H groups in total. The molecule has 6 heteroatoms. The van der Waals surface area contributed by atoms with Gasteiger partial charge in [-0.3, -0.25) is 9.63 Å². The molecule has 0 fully saturated rings. The van der Waals surface area contributed by atoms with E-state index in [1.165, 1.54) is 0 Å². The Balaban J connectivity index is 2.50. The van der Waals surface area contributed by atoms with Crippen LogP contribution in [-0.4, -0.2) is 26.2 Å². The number of ether oxygens (including phenoxy) is 1. The molecule has 88 valence electrons. The molecule has 16 heavy (non-hydrogen) atoms. The van der Waals surface area contributed by atoms with E-state index in [2.05, 4.69) is 28.1 Å². The van der Waals surface area contributed by atoms with Gasteiger partial charge in [0.05, 0.1) is 18.2 Å². The first kappa shape index (κ1) is 13.7. The third-order valence-electron chi connectivity index (χ3n) is 1.74. The Morgan fingerprint density at radius 3 is 2.88 bits per heavy atom. The number of carbonyl (C=O) groups excluding carboxylic acids is 1. The minimum Gasteiger partial charge on any atom is -0.382 e. The number of amides is 1. The number of methoxy groups -OCH3 is 1. The average molecular weight is 356 g/mol. The molecule has 0 saturated carbocycles. The number of hydrogen-bond donors (Lipinski definition) is 1. The highest BCUT2D eigenvalue weighted by molar-refractivity contribution is 14.1. The van der Waals surface area contributed by atoms with E-state index in [4.69, 9.17) is 21.2 Å². The van der Waals surface area contributed by atoms with Gasteiger partial charge in [0.25, 0.3) is 5.91 Å². The topological polar surface area (TPSA) is 47.6 Å². The molecule has 0 aromatic heterocycles. The molecule has 0 bridgehead atoms. The summed E-state index contributed by atoms with van der Waals surface area (Å²) in [5, 5.41) is 0.546. The molecule has 0 unspecified atom stereocenters. The Kier molecular flexibility index (Phi) is 6.04. The molecule has 4 nitrogen and oxygen atoms in total. The molecule has 0 atom stereocenters. The lowest BCUT2D eigenvalue weighted by atomic mass is 10.2. The summed E-state index contributed by atoms with van der Waals surface area (Å²) in [6.45, 7) is 0.730. The van der Waals surface area contributed by atoms with E-state index in [0.717, 1.165) is 3.57 Å². The second-order valence-electron chi connectivity index (χ2n) is 2.90. The zero-order valence-electron chi connectivity index (χ0n) is 8.63. The predicted molar refractivity (Wildman–Crippen MR) is 69.5 cm³/mol. The van der Waals surface area contributed by atoms with E-state index in [0.29, 0.717) is 23.8 Å². The molecule has 0 heterocycles. The van der Waals surface area contributed by atoms with E-state index in [1.807, 2.05) is 0 Å². The molecule has 0 saturated heterocycles. The van der Waals surface area contributed by atoms with Crippen molar-refractivity contribution in [1.82, 2.24) is 5.48 Å². The van der Waals surface area contributed by atoms with Gasteiger partial charge in [-0.25, -0.2) is 5.48 Å². The van der Waals surface area contributed by atoms with Crippen molar-refractivity contribution in [1.29, 1.82) is 0 Å². The minimum absolute atomic E-state index is 0.306. The molecule has 0 radical (unpaired) electrons. The maximum atomic E-state index is 11.5. The van der Waals surface area contributed by atoms with Gasteiger partial charge in [0.15, 0.2) is 0 Å². The fraction of sp³-hybridized carbons (Fsp3) is 0.300. The molecule has 0 aliphatic carbocycles. The first-order valence-electron chi connectivity index (χ1n) is 4.51. The number of carbonyl (C=O) groups is 1. The summed E-state index contributed by atoms with van der Waals surface area (Å²) in [5.41, 5.74) is 2.76. The van der Waals surface area contributed by atoms with Crippen LogP contribution in [0.15, 0.2) is 18.2 Å². The van der Waals surface area contributed by atoms with Crippen molar-refractivity contribution < 1.29 is 14.4 Å². The number of hydrogen-bond acceptors (Lipinski definition) is 3. The third kappa shape index (κ3) is 4.25. The normalized spacial score (nSPS) is 10.2. The van der Waals surface area contributed by atoms with Gasteiger partial charge in [-0.2, -0.15) is 0 Å². The zero-order chi connectivity index (χ0) is 12.0. The van der Waals surface area contributed by atoms with Crippen molar-refractivity contribution in [3.63, 3.8) is 0 Å². The molecular formula is C10H11ClINO3. The molecule has 0 aliphatic heterocycles. The fourth-order valence-corrected chi connectivity index (χ4v) is 1.45. The predicted octanol–water partition coefficient (Wildman–Crippen LogP) is 2.25. The molecule has 1 amide bonds. The lowest BCUT2D eigenvalue weighted by Crippen LogP contribution is -2.25. The van der Waals surface area contributed by atoms with E-state index in [-0.39, 0.29) is 5.91 Å². The van der Waals surface area contributed by atoms with Gasteiger partial charge in [0.1, 0.15) is 0 Å². The average Bonchev–Trinajstić information content (AvgIpc) is 2.28.